The Kier molecular flexibility index (Phi) is 7.01. The summed E-state index contributed by atoms with van der Waals surface area (Å²) in [6.45, 7) is 6.24. The number of carboxylic acid groups (broad SMARTS) is 1. The van der Waals surface area contributed by atoms with Gasteiger partial charge in [-0.25, -0.2) is 0 Å². The van der Waals surface area contributed by atoms with Crippen molar-refractivity contribution in [2.24, 2.45) is 5.92 Å². The first-order chi connectivity index (χ1) is 10.1. The lowest BCUT2D eigenvalue weighted by Crippen LogP contribution is -2.30. The molecular weight excluding hydrogens is 270 g/mol. The summed E-state index contributed by atoms with van der Waals surface area (Å²) in [5.74, 6) is -0.445. The number of carboxylic acids is 1. The molecule has 114 valence electrons. The summed E-state index contributed by atoms with van der Waals surface area (Å²) in [4.78, 5) is 22.6. The van der Waals surface area contributed by atoms with Gasteiger partial charge in [-0.15, -0.1) is 0 Å². The summed E-state index contributed by atoms with van der Waals surface area (Å²) in [6, 6.07) is 6.78. The molecule has 5 nitrogen and oxygen atoms in total. The van der Waals surface area contributed by atoms with Crippen molar-refractivity contribution in [3.05, 3.63) is 42.5 Å². The number of amides is 1. The van der Waals surface area contributed by atoms with Gasteiger partial charge < -0.3 is 15.2 Å². The zero-order valence-corrected chi connectivity index (χ0v) is 12.2. The Labute approximate surface area is 124 Å². The second-order valence-electron chi connectivity index (χ2n) is 4.71. The molecule has 1 rings (SSSR count). The van der Waals surface area contributed by atoms with Crippen LogP contribution in [0.3, 0.4) is 0 Å². The molecule has 1 amide bonds. The number of nitrogens with one attached hydrogen (secondary N) is 1. The van der Waals surface area contributed by atoms with E-state index in [-0.39, 0.29) is 18.2 Å². The van der Waals surface area contributed by atoms with Gasteiger partial charge in [0.05, 0.1) is 0 Å². The molecule has 0 spiro atoms. The van der Waals surface area contributed by atoms with E-state index >= 15 is 0 Å². The molecule has 0 aliphatic heterocycles. The zero-order valence-electron chi connectivity index (χ0n) is 12.2. The van der Waals surface area contributed by atoms with Crippen LogP contribution < -0.4 is 10.1 Å². The molecule has 0 aromatic heterocycles. The maximum Gasteiger partial charge on any atom is 0.303 e. The fourth-order valence-electron chi connectivity index (χ4n) is 1.80. The summed E-state index contributed by atoms with van der Waals surface area (Å²) in [5.41, 5.74) is 0.520. The molecule has 0 heterocycles. The van der Waals surface area contributed by atoms with E-state index in [9.17, 15) is 9.59 Å². The summed E-state index contributed by atoms with van der Waals surface area (Å²) >= 11 is 0. The van der Waals surface area contributed by atoms with Crippen molar-refractivity contribution in [1.29, 1.82) is 0 Å². The van der Waals surface area contributed by atoms with Gasteiger partial charge in [0.1, 0.15) is 12.4 Å². The first-order valence-electron chi connectivity index (χ1n) is 6.90. The van der Waals surface area contributed by atoms with E-state index in [0.29, 0.717) is 30.9 Å². The molecule has 21 heavy (non-hydrogen) atoms. The number of hydrogen-bond acceptors (Lipinski definition) is 3. The molecule has 1 unspecified atom stereocenters. The largest absolute Gasteiger partial charge is 0.490 e. The lowest BCUT2D eigenvalue weighted by atomic mass is 10.0. The first kappa shape index (κ1) is 16.8. The van der Waals surface area contributed by atoms with Gasteiger partial charge in [-0.2, -0.15) is 0 Å². The van der Waals surface area contributed by atoms with Crippen molar-refractivity contribution in [1.82, 2.24) is 5.32 Å². The minimum absolute atomic E-state index is 0.0540. The number of rotatable bonds is 9. The van der Waals surface area contributed by atoms with Crippen LogP contribution in [-0.4, -0.2) is 30.1 Å². The quantitative estimate of drug-likeness (QED) is 0.685. The van der Waals surface area contributed by atoms with E-state index in [2.05, 4.69) is 11.9 Å². The van der Waals surface area contributed by atoms with Crippen LogP contribution in [0.1, 0.15) is 30.1 Å². The Bertz CT molecular complexity index is 482. The Balaban J connectivity index is 2.51. The Morgan fingerprint density at radius 1 is 1.38 bits per heavy atom. The normalized spacial score (nSPS) is 11.5. The summed E-state index contributed by atoms with van der Waals surface area (Å²) in [7, 11) is 0. The van der Waals surface area contributed by atoms with Crippen molar-refractivity contribution in [3.63, 3.8) is 0 Å². The molecule has 0 aliphatic carbocycles. The van der Waals surface area contributed by atoms with Gasteiger partial charge in [0, 0.05) is 18.5 Å². The van der Waals surface area contributed by atoms with Gasteiger partial charge >= 0.3 is 5.97 Å². The number of hydrogen-bond donors (Lipinski definition) is 2. The van der Waals surface area contributed by atoms with Gasteiger partial charge in [-0.05, 0) is 30.2 Å². The van der Waals surface area contributed by atoms with Crippen LogP contribution in [0.5, 0.6) is 5.75 Å². The average molecular weight is 291 g/mol. The lowest BCUT2D eigenvalue weighted by Gasteiger charge is -2.13. The highest BCUT2D eigenvalue weighted by Crippen LogP contribution is 2.12. The highest BCUT2D eigenvalue weighted by Gasteiger charge is 2.13. The SMILES string of the molecule is C=CCOc1ccc(C(=O)NCC(CC)CC(=O)O)cc1. The third-order valence-electron chi connectivity index (χ3n) is 3.08. The van der Waals surface area contributed by atoms with Crippen LogP contribution in [0, 0.1) is 5.92 Å². The maximum absolute atomic E-state index is 12.0. The summed E-state index contributed by atoms with van der Waals surface area (Å²) in [6.07, 6.45) is 2.42. The van der Waals surface area contributed by atoms with Crippen LogP contribution in [0.25, 0.3) is 0 Å². The highest BCUT2D eigenvalue weighted by atomic mass is 16.5. The van der Waals surface area contributed by atoms with Crippen LogP contribution in [0.2, 0.25) is 0 Å². The van der Waals surface area contributed by atoms with Gasteiger partial charge in [-0.1, -0.05) is 26.0 Å². The number of carbonyl (C=O) groups is 2. The van der Waals surface area contributed by atoms with E-state index in [4.69, 9.17) is 9.84 Å². The summed E-state index contributed by atoms with van der Waals surface area (Å²) < 4.78 is 5.33. The Hall–Kier alpha value is -2.30. The lowest BCUT2D eigenvalue weighted by molar-refractivity contribution is -0.138. The minimum atomic E-state index is -0.847. The first-order valence-corrected chi connectivity index (χ1v) is 6.90. The number of ether oxygens (including phenoxy) is 1. The van der Waals surface area contributed by atoms with E-state index < -0.39 is 5.97 Å². The molecule has 0 aliphatic rings. The Morgan fingerprint density at radius 2 is 2.05 bits per heavy atom. The molecule has 0 fully saturated rings. The fourth-order valence-corrected chi connectivity index (χ4v) is 1.80. The van der Waals surface area contributed by atoms with Crippen molar-refractivity contribution in [2.45, 2.75) is 19.8 Å². The zero-order chi connectivity index (χ0) is 15.7. The van der Waals surface area contributed by atoms with Crippen molar-refractivity contribution in [3.8, 4) is 5.75 Å². The minimum Gasteiger partial charge on any atom is -0.490 e. The van der Waals surface area contributed by atoms with Crippen molar-refractivity contribution < 1.29 is 19.4 Å². The monoisotopic (exact) mass is 291 g/mol. The molecule has 0 saturated heterocycles. The second kappa shape index (κ2) is 8.79. The molecule has 1 aromatic rings. The number of aliphatic carboxylic acids is 1. The van der Waals surface area contributed by atoms with Gasteiger partial charge in [0.25, 0.3) is 5.91 Å². The fraction of sp³-hybridized carbons (Fsp3) is 0.375. The predicted molar refractivity (Wildman–Crippen MR) is 80.5 cm³/mol. The number of benzene rings is 1. The average Bonchev–Trinajstić information content (AvgIpc) is 2.49. The van der Waals surface area contributed by atoms with Gasteiger partial charge in [0.2, 0.25) is 0 Å². The maximum atomic E-state index is 12.0. The molecular formula is C16H21NO4. The van der Waals surface area contributed by atoms with E-state index in [1.54, 1.807) is 30.3 Å². The highest BCUT2D eigenvalue weighted by molar-refractivity contribution is 5.94. The third kappa shape index (κ3) is 6.12. The van der Waals surface area contributed by atoms with Crippen LogP contribution >= 0.6 is 0 Å². The van der Waals surface area contributed by atoms with Crippen LogP contribution in [0.15, 0.2) is 36.9 Å². The van der Waals surface area contributed by atoms with E-state index in [1.807, 2.05) is 6.92 Å². The van der Waals surface area contributed by atoms with Crippen LogP contribution in [-0.2, 0) is 4.79 Å². The molecule has 1 atom stereocenters. The number of carbonyl (C=O) groups excluding carboxylic acids is 1. The molecule has 0 radical (unpaired) electrons. The van der Waals surface area contributed by atoms with E-state index in [0.717, 1.165) is 0 Å². The van der Waals surface area contributed by atoms with E-state index in [1.165, 1.54) is 0 Å². The molecule has 0 bridgehead atoms. The molecule has 2 N–H and O–H groups in total. The Morgan fingerprint density at radius 3 is 2.57 bits per heavy atom. The third-order valence-corrected chi connectivity index (χ3v) is 3.08. The summed E-state index contributed by atoms with van der Waals surface area (Å²) in [5, 5.41) is 11.5. The van der Waals surface area contributed by atoms with Crippen molar-refractivity contribution in [2.75, 3.05) is 13.2 Å². The van der Waals surface area contributed by atoms with Crippen molar-refractivity contribution >= 4 is 11.9 Å². The standard InChI is InChI=1S/C16H21NO4/c1-3-9-21-14-7-5-13(6-8-14)16(20)17-11-12(4-2)10-15(18)19/h3,5-8,12H,1,4,9-11H2,2H3,(H,17,20)(H,18,19). The predicted octanol–water partition coefficient (Wildman–Crippen LogP) is 2.48. The smallest absolute Gasteiger partial charge is 0.303 e. The van der Waals surface area contributed by atoms with Crippen LogP contribution in [0.4, 0.5) is 0 Å². The molecule has 1 aromatic carbocycles. The topological polar surface area (TPSA) is 75.6 Å². The molecule has 0 saturated carbocycles. The second-order valence-corrected chi connectivity index (χ2v) is 4.71. The van der Waals surface area contributed by atoms with Gasteiger partial charge in [0.15, 0.2) is 0 Å². The molecule has 5 heteroatoms. The van der Waals surface area contributed by atoms with Gasteiger partial charge in [-0.3, -0.25) is 9.59 Å².